The smallest absolute Gasteiger partial charge is 0.227 e. The Hall–Kier alpha value is -2.94. The Morgan fingerprint density at radius 1 is 1.23 bits per heavy atom. The Morgan fingerprint density at radius 3 is 2.70 bits per heavy atom. The number of aromatic nitrogens is 2. The first kappa shape index (κ1) is 38.1. The van der Waals surface area contributed by atoms with Gasteiger partial charge in [-0.25, -0.2) is 9.97 Å². The fourth-order valence-electron chi connectivity index (χ4n) is 4.49. The van der Waals surface area contributed by atoms with E-state index in [4.69, 9.17) is 19.2 Å². The summed E-state index contributed by atoms with van der Waals surface area (Å²) in [5.41, 5.74) is 2.99. The van der Waals surface area contributed by atoms with E-state index in [0.29, 0.717) is 25.6 Å². The van der Waals surface area contributed by atoms with Crippen molar-refractivity contribution in [1.82, 2.24) is 19.8 Å². The number of nitrogens with one attached hydrogen (secondary N) is 1. The summed E-state index contributed by atoms with van der Waals surface area (Å²) in [6, 6.07) is 1.94. The number of methoxy groups -OCH3 is 1. The number of hydrogen-bond acceptors (Lipinski definition) is 8. The highest BCUT2D eigenvalue weighted by Crippen LogP contribution is 2.26. The van der Waals surface area contributed by atoms with Crippen molar-refractivity contribution in [2.24, 2.45) is 0 Å². The Bertz CT molecular complexity index is 1030. The van der Waals surface area contributed by atoms with Gasteiger partial charge in [-0.3, -0.25) is 0 Å². The maximum atomic E-state index is 6.26. The Kier molecular flexibility index (Phi) is 20.8. The van der Waals surface area contributed by atoms with Crippen molar-refractivity contribution in [2.45, 2.75) is 73.1 Å². The fraction of sp³-hybridized carbons (Fsp3) is 0.600. The molecule has 1 aromatic heterocycles. The molecule has 1 atom stereocenters. The molecule has 0 radical (unpaired) electrons. The molecule has 1 aromatic rings. The monoisotopic (exact) mass is 597 g/mol. The average Bonchev–Trinajstić information content (AvgIpc) is 3.02. The highest BCUT2D eigenvalue weighted by Gasteiger charge is 2.16. The molecule has 2 bridgehead atoms. The van der Waals surface area contributed by atoms with E-state index in [1.807, 2.05) is 39.8 Å². The fourth-order valence-corrected chi connectivity index (χ4v) is 4.49. The quantitative estimate of drug-likeness (QED) is 0.180. The van der Waals surface area contributed by atoms with Gasteiger partial charge in [0.25, 0.3) is 0 Å². The first-order chi connectivity index (χ1) is 20.9. The molecule has 0 saturated heterocycles. The second kappa shape index (κ2) is 23.5. The summed E-state index contributed by atoms with van der Waals surface area (Å²) in [7, 11) is 3.83. The lowest BCUT2D eigenvalue weighted by atomic mass is 9.95. The Morgan fingerprint density at radius 2 is 2.00 bits per heavy atom. The molecule has 8 nitrogen and oxygen atoms in total. The van der Waals surface area contributed by atoms with E-state index in [-0.39, 0.29) is 5.92 Å². The molecule has 0 amide bonds. The van der Waals surface area contributed by atoms with Gasteiger partial charge in [-0.05, 0) is 71.0 Å². The van der Waals surface area contributed by atoms with Crippen molar-refractivity contribution in [3.05, 3.63) is 77.7 Å². The van der Waals surface area contributed by atoms with Gasteiger partial charge in [-0.1, -0.05) is 52.0 Å². The van der Waals surface area contributed by atoms with Gasteiger partial charge >= 0.3 is 0 Å². The first-order valence-corrected chi connectivity index (χ1v) is 16.0. The maximum Gasteiger partial charge on any atom is 0.227 e. The van der Waals surface area contributed by atoms with Crippen LogP contribution in [0.5, 0.6) is 0 Å². The second-order valence-corrected chi connectivity index (χ2v) is 10.4. The van der Waals surface area contributed by atoms with Crippen LogP contribution in [0.1, 0.15) is 78.8 Å². The van der Waals surface area contributed by atoms with E-state index in [9.17, 15) is 0 Å². The lowest BCUT2D eigenvalue weighted by molar-refractivity contribution is 0.172. The number of allylic oxidation sites excluding steroid dienone is 5. The number of rotatable bonds is 9. The zero-order valence-electron chi connectivity index (χ0n) is 28.3. The van der Waals surface area contributed by atoms with Crippen LogP contribution in [0.3, 0.4) is 0 Å². The summed E-state index contributed by atoms with van der Waals surface area (Å²) in [6.07, 6.45) is 15.7. The molecule has 2 rings (SSSR count). The number of hydrogen-bond donors (Lipinski definition) is 1. The molecule has 0 aliphatic carbocycles. The average molecular weight is 598 g/mol. The summed E-state index contributed by atoms with van der Waals surface area (Å²) in [5.74, 6) is 2.49. The van der Waals surface area contributed by atoms with Crippen LogP contribution < -0.4 is 5.32 Å². The molecule has 1 N–H and O–H groups in total. The zero-order valence-corrected chi connectivity index (χ0v) is 28.3. The van der Waals surface area contributed by atoms with Crippen molar-refractivity contribution in [3.63, 3.8) is 0 Å². The van der Waals surface area contributed by atoms with Crippen LogP contribution in [-0.4, -0.2) is 86.5 Å². The summed E-state index contributed by atoms with van der Waals surface area (Å²) >= 11 is 0. The molecule has 1 aliphatic heterocycles. The third kappa shape index (κ3) is 15.9. The lowest BCUT2D eigenvalue weighted by Gasteiger charge is -2.19. The van der Waals surface area contributed by atoms with Gasteiger partial charge < -0.3 is 29.3 Å². The molecular weight excluding hydrogens is 538 g/mol. The molecule has 1 aliphatic rings. The van der Waals surface area contributed by atoms with Gasteiger partial charge in [0.05, 0.1) is 44.1 Å². The summed E-state index contributed by atoms with van der Waals surface area (Å²) in [5, 5.41) is 3.35. The molecule has 0 spiro atoms. The third-order valence-corrected chi connectivity index (χ3v) is 7.31. The SMILES string of the molecule is C=CC1C/C(=C(\C)OC)COC/C=C/CN(C)CC/C(OCCCN(CC)CC)=C\C/C=C(\C)Nc2nccc1n2.CC. The summed E-state index contributed by atoms with van der Waals surface area (Å²) in [6.45, 7) is 23.2. The topological polar surface area (TPSA) is 72.0 Å². The van der Waals surface area contributed by atoms with Crippen LogP contribution in [0.15, 0.2) is 72.0 Å². The van der Waals surface area contributed by atoms with Crippen LogP contribution in [-0.2, 0) is 14.2 Å². The zero-order chi connectivity index (χ0) is 31.9. The highest BCUT2D eigenvalue weighted by molar-refractivity contribution is 5.35. The minimum atomic E-state index is 0.00853. The van der Waals surface area contributed by atoms with E-state index in [0.717, 1.165) is 87.1 Å². The highest BCUT2D eigenvalue weighted by atomic mass is 16.5. The predicted molar refractivity (Wildman–Crippen MR) is 181 cm³/mol. The van der Waals surface area contributed by atoms with Crippen LogP contribution in [0.2, 0.25) is 0 Å². The van der Waals surface area contributed by atoms with Crippen LogP contribution in [0.4, 0.5) is 5.95 Å². The molecule has 0 saturated carbocycles. The molecule has 8 heteroatoms. The molecule has 0 aromatic carbocycles. The molecule has 0 fully saturated rings. The van der Waals surface area contributed by atoms with Crippen LogP contribution in [0, 0.1) is 0 Å². The Balaban J connectivity index is 0.00000452. The first-order valence-electron chi connectivity index (χ1n) is 16.0. The van der Waals surface area contributed by atoms with E-state index < -0.39 is 0 Å². The summed E-state index contributed by atoms with van der Waals surface area (Å²) < 4.78 is 17.8. The minimum absolute atomic E-state index is 0.00853. The minimum Gasteiger partial charge on any atom is -0.501 e. The van der Waals surface area contributed by atoms with E-state index in [1.165, 1.54) is 0 Å². The van der Waals surface area contributed by atoms with Crippen molar-refractivity contribution in [3.8, 4) is 0 Å². The molecule has 1 unspecified atom stereocenters. The van der Waals surface area contributed by atoms with Crippen LogP contribution >= 0.6 is 0 Å². The number of likely N-dealkylation sites (N-methyl/N-ethyl adjacent to an activating group) is 1. The standard InChI is InChI=1S/C33H53N5O3.C2H6/c1-8-29-25-30(28(5)39-7)26-40-23-12-11-20-37(6)22-18-31(41-24-14-21-38(9-2)10-3)16-13-15-27(4)35-33-34-19-17-32(29)36-33;1-2/h8,11-12,15-17,19,29H,1,9-10,13-14,18,20-26H2,2-7H3,(H,34,35,36);1-2H3/b12-11+,27-15+,30-28-,31-16+;. The van der Waals surface area contributed by atoms with Gasteiger partial charge in [0.1, 0.15) is 0 Å². The van der Waals surface area contributed by atoms with Gasteiger partial charge in [0.15, 0.2) is 0 Å². The number of ether oxygens (including phenoxy) is 3. The maximum absolute atomic E-state index is 6.26. The third-order valence-electron chi connectivity index (χ3n) is 7.31. The number of fused-ring (bicyclic) bond motifs is 2. The largest absolute Gasteiger partial charge is 0.501 e. The molecule has 43 heavy (non-hydrogen) atoms. The molecule has 2 heterocycles. The predicted octanol–water partition coefficient (Wildman–Crippen LogP) is 7.33. The molecule has 242 valence electrons. The number of nitrogens with zero attached hydrogens (tertiary/aromatic N) is 4. The van der Waals surface area contributed by atoms with Crippen molar-refractivity contribution in [2.75, 3.05) is 72.0 Å². The normalized spacial score (nSPS) is 22.2. The number of anilines is 1. The van der Waals surface area contributed by atoms with Crippen LogP contribution in [0.25, 0.3) is 0 Å². The van der Waals surface area contributed by atoms with E-state index in [1.54, 1.807) is 13.3 Å². The van der Waals surface area contributed by atoms with Gasteiger partial charge in [0.2, 0.25) is 5.95 Å². The summed E-state index contributed by atoms with van der Waals surface area (Å²) in [4.78, 5) is 14.0. The van der Waals surface area contributed by atoms with Gasteiger partial charge in [-0.15, -0.1) is 6.58 Å². The van der Waals surface area contributed by atoms with Crippen molar-refractivity contribution < 1.29 is 14.2 Å². The van der Waals surface area contributed by atoms with E-state index >= 15 is 0 Å². The van der Waals surface area contributed by atoms with E-state index in [2.05, 4.69) is 71.9 Å². The molecular formula is C35H59N5O3. The lowest BCUT2D eigenvalue weighted by Crippen LogP contribution is -2.25. The van der Waals surface area contributed by atoms with Gasteiger partial charge in [0, 0.05) is 43.9 Å². The van der Waals surface area contributed by atoms with Crippen molar-refractivity contribution in [1.29, 1.82) is 0 Å². The second-order valence-electron chi connectivity index (χ2n) is 10.4. The van der Waals surface area contributed by atoms with Crippen molar-refractivity contribution >= 4 is 5.95 Å². The Labute approximate surface area is 262 Å². The van der Waals surface area contributed by atoms with Gasteiger partial charge in [-0.2, -0.15) is 0 Å².